The van der Waals surface area contributed by atoms with Crippen LogP contribution in [0.3, 0.4) is 0 Å². The molecule has 3 fully saturated rings. The molecule has 10 heteroatoms. The number of aromatic nitrogens is 3. The monoisotopic (exact) mass is 533 g/mol. The Morgan fingerprint density at radius 2 is 1.87 bits per heavy atom. The number of aryl methyl sites for hydroxylation is 2. The highest BCUT2D eigenvalue weighted by molar-refractivity contribution is 5.96. The predicted molar refractivity (Wildman–Crippen MR) is 150 cm³/mol. The second-order valence-electron chi connectivity index (χ2n) is 10.4. The Kier molecular flexibility index (Phi) is 7.40. The topological polar surface area (TPSA) is 79.0 Å². The third kappa shape index (κ3) is 5.13. The van der Waals surface area contributed by atoms with Crippen molar-refractivity contribution < 1.29 is 13.6 Å². The Labute approximate surface area is 226 Å². The van der Waals surface area contributed by atoms with Crippen molar-refractivity contribution in [3.05, 3.63) is 58.6 Å². The molecular weight excluding hydrogens is 500 g/mol. The normalized spacial score (nSPS) is 20.1. The number of carbonyl (C=O) groups excluding carboxylic acids is 1. The van der Waals surface area contributed by atoms with Crippen LogP contribution in [0.2, 0.25) is 0 Å². The number of benzene rings is 1. The molecule has 39 heavy (non-hydrogen) atoms. The molecule has 1 amide bonds. The van der Waals surface area contributed by atoms with E-state index in [-0.39, 0.29) is 40.6 Å². The van der Waals surface area contributed by atoms with E-state index in [0.29, 0.717) is 29.1 Å². The molecule has 0 spiro atoms. The van der Waals surface area contributed by atoms with E-state index >= 15 is 4.39 Å². The molecule has 3 aromatic rings. The summed E-state index contributed by atoms with van der Waals surface area (Å²) in [6, 6.07) is 6.44. The summed E-state index contributed by atoms with van der Waals surface area (Å²) >= 11 is 0. The smallest absolute Gasteiger partial charge is 0.255 e. The van der Waals surface area contributed by atoms with E-state index in [4.69, 9.17) is 0 Å². The molecule has 0 atom stereocenters. The minimum atomic E-state index is -0.786. The van der Waals surface area contributed by atoms with Crippen molar-refractivity contribution in [2.24, 2.45) is 9.98 Å². The summed E-state index contributed by atoms with van der Waals surface area (Å²) in [5, 5.41) is 0. The maximum Gasteiger partial charge on any atom is 0.255 e. The predicted octanol–water partition coefficient (Wildman–Crippen LogP) is 5.43. The molecule has 3 aliphatic rings. The van der Waals surface area contributed by atoms with Gasteiger partial charge in [0.1, 0.15) is 17.0 Å². The molecule has 0 radical (unpaired) electrons. The Morgan fingerprint density at radius 3 is 2.54 bits per heavy atom. The quantitative estimate of drug-likeness (QED) is 0.396. The summed E-state index contributed by atoms with van der Waals surface area (Å²) < 4.78 is 32.1. The van der Waals surface area contributed by atoms with Gasteiger partial charge in [-0.2, -0.15) is 0 Å². The lowest BCUT2D eigenvalue weighted by atomic mass is 10.0. The molecule has 8 nitrogen and oxygen atoms in total. The van der Waals surface area contributed by atoms with Gasteiger partial charge in [-0.3, -0.25) is 9.79 Å². The zero-order chi connectivity index (χ0) is 27.8. The number of amides is 1. The number of pyridine rings is 1. The number of nitrogens with zero attached hydrogens (tertiary/aromatic N) is 7. The fourth-order valence-electron chi connectivity index (χ4n) is 5.70. The number of hydrogen-bond acceptors (Lipinski definition) is 6. The number of hydrogen-bond donors (Lipinski definition) is 0. The van der Waals surface area contributed by atoms with E-state index in [9.17, 15) is 9.18 Å². The molecule has 2 bridgehead atoms. The van der Waals surface area contributed by atoms with Gasteiger partial charge in [-0.15, -0.1) is 0 Å². The molecule has 6 rings (SSSR count). The van der Waals surface area contributed by atoms with Gasteiger partial charge in [-0.05, 0) is 71.5 Å². The molecular formula is C29H33F2N7O. The van der Waals surface area contributed by atoms with Gasteiger partial charge in [0.15, 0.2) is 17.5 Å². The standard InChI is InChI=1S/C29H33F2N7O/c1-17(2)38-19(4)35-28-23(30)14-20(15-25(28)38)27(32-5)24(31)16-33-26-7-6-22(18(3)34-26)29(39)37-13-12-36-10-8-21(37)9-11-36/h6-7,14-17,21H,5,8-13H2,1-4H3/b27-24+,33-16?. The zero-order valence-electron chi connectivity index (χ0n) is 22.8. The van der Waals surface area contributed by atoms with Crippen LogP contribution in [0.1, 0.15) is 60.2 Å². The number of aliphatic imine (C=N–C) groups is 2. The summed E-state index contributed by atoms with van der Waals surface area (Å²) in [4.78, 5) is 34.4. The van der Waals surface area contributed by atoms with Crippen LogP contribution >= 0.6 is 0 Å². The van der Waals surface area contributed by atoms with Gasteiger partial charge in [0.05, 0.1) is 23.0 Å². The van der Waals surface area contributed by atoms with E-state index in [1.807, 2.05) is 23.3 Å². The van der Waals surface area contributed by atoms with E-state index in [1.54, 1.807) is 32.0 Å². The fourth-order valence-corrected chi connectivity index (χ4v) is 5.70. The fraction of sp³-hybridized carbons (Fsp3) is 0.414. The summed E-state index contributed by atoms with van der Waals surface area (Å²) in [7, 11) is 0. The van der Waals surface area contributed by atoms with Crippen molar-refractivity contribution >= 4 is 41.4 Å². The summed E-state index contributed by atoms with van der Waals surface area (Å²) in [5.41, 5.74) is 1.93. The average molecular weight is 534 g/mol. The van der Waals surface area contributed by atoms with Crippen LogP contribution in [0, 0.1) is 19.7 Å². The minimum Gasteiger partial charge on any atom is -0.334 e. The zero-order valence-corrected chi connectivity index (χ0v) is 22.8. The molecule has 5 heterocycles. The molecule has 3 saturated heterocycles. The van der Waals surface area contributed by atoms with Crippen LogP contribution < -0.4 is 0 Å². The van der Waals surface area contributed by atoms with E-state index < -0.39 is 11.6 Å². The van der Waals surface area contributed by atoms with Gasteiger partial charge in [0, 0.05) is 43.8 Å². The van der Waals surface area contributed by atoms with Crippen LogP contribution in [-0.2, 0) is 0 Å². The molecule has 3 aliphatic heterocycles. The van der Waals surface area contributed by atoms with Crippen molar-refractivity contribution in [3.63, 3.8) is 0 Å². The first kappa shape index (κ1) is 26.8. The van der Waals surface area contributed by atoms with E-state index in [0.717, 1.165) is 38.7 Å². The summed E-state index contributed by atoms with van der Waals surface area (Å²) in [6.45, 7) is 14.6. The second kappa shape index (κ2) is 10.8. The van der Waals surface area contributed by atoms with Crippen molar-refractivity contribution in [2.45, 2.75) is 52.6 Å². The molecule has 2 aromatic heterocycles. The number of rotatable bonds is 6. The van der Waals surface area contributed by atoms with Gasteiger partial charge >= 0.3 is 0 Å². The highest BCUT2D eigenvalue weighted by atomic mass is 19.1. The number of piperidine rings is 1. The van der Waals surface area contributed by atoms with Gasteiger partial charge in [-0.1, -0.05) is 0 Å². The Morgan fingerprint density at radius 1 is 1.13 bits per heavy atom. The van der Waals surface area contributed by atoms with Crippen molar-refractivity contribution in [3.8, 4) is 0 Å². The first-order chi connectivity index (χ1) is 18.7. The third-order valence-electron chi connectivity index (χ3n) is 7.63. The van der Waals surface area contributed by atoms with Gasteiger partial charge < -0.3 is 14.4 Å². The van der Waals surface area contributed by atoms with Crippen LogP contribution in [0.4, 0.5) is 14.6 Å². The van der Waals surface area contributed by atoms with Crippen LogP contribution in [-0.4, -0.2) is 75.4 Å². The molecule has 0 saturated carbocycles. The molecule has 0 unspecified atom stereocenters. The second-order valence-corrected chi connectivity index (χ2v) is 10.4. The first-order valence-electron chi connectivity index (χ1n) is 13.3. The lowest BCUT2D eigenvalue weighted by Crippen LogP contribution is -2.41. The van der Waals surface area contributed by atoms with Crippen LogP contribution in [0.25, 0.3) is 16.7 Å². The van der Waals surface area contributed by atoms with Crippen molar-refractivity contribution in [2.75, 3.05) is 26.2 Å². The van der Waals surface area contributed by atoms with Crippen LogP contribution in [0.5, 0.6) is 0 Å². The van der Waals surface area contributed by atoms with Crippen molar-refractivity contribution in [1.82, 2.24) is 24.3 Å². The third-order valence-corrected chi connectivity index (χ3v) is 7.63. The van der Waals surface area contributed by atoms with Crippen LogP contribution in [0.15, 0.2) is 40.1 Å². The lowest BCUT2D eigenvalue weighted by molar-refractivity contribution is 0.0683. The van der Waals surface area contributed by atoms with Gasteiger partial charge in [-0.25, -0.2) is 23.7 Å². The highest BCUT2D eigenvalue weighted by Gasteiger charge is 2.33. The molecule has 204 valence electrons. The summed E-state index contributed by atoms with van der Waals surface area (Å²) in [5.74, 6) is -0.462. The first-order valence-corrected chi connectivity index (χ1v) is 13.3. The largest absolute Gasteiger partial charge is 0.334 e. The number of carbonyl (C=O) groups is 1. The molecule has 0 aliphatic carbocycles. The maximum atomic E-state index is 15.3. The van der Waals surface area contributed by atoms with E-state index in [2.05, 4.69) is 31.6 Å². The molecule has 1 aromatic carbocycles. The lowest BCUT2D eigenvalue weighted by Gasteiger charge is -2.31. The SMILES string of the molecule is C=N/C(=C(/F)C=Nc1ccc(C(=O)N2CCN3CCC2CC3)c(C)n1)c1cc(F)c2nc(C)n(C(C)C)c2c1. The van der Waals surface area contributed by atoms with Crippen molar-refractivity contribution in [1.29, 1.82) is 0 Å². The van der Waals surface area contributed by atoms with Gasteiger partial charge in [0.2, 0.25) is 0 Å². The Bertz CT molecular complexity index is 1500. The van der Waals surface area contributed by atoms with E-state index in [1.165, 1.54) is 6.07 Å². The number of imidazole rings is 1. The summed E-state index contributed by atoms with van der Waals surface area (Å²) in [6.07, 6.45) is 2.96. The van der Waals surface area contributed by atoms with Gasteiger partial charge in [0.25, 0.3) is 5.91 Å². The number of fused-ring (bicyclic) bond motifs is 5. The molecule has 0 N–H and O–H groups in total. The number of allylic oxidation sites excluding steroid dienone is 1. The number of halogens is 2. The maximum absolute atomic E-state index is 15.3. The Balaban J connectivity index is 1.41. The minimum absolute atomic E-state index is 0.0261. The average Bonchev–Trinajstić information content (AvgIpc) is 3.03. The Hall–Kier alpha value is -3.79. The highest BCUT2D eigenvalue weighted by Crippen LogP contribution is 2.30.